The maximum absolute atomic E-state index is 5.67. The van der Waals surface area contributed by atoms with Crippen LogP contribution >= 0.6 is 11.8 Å². The van der Waals surface area contributed by atoms with Gasteiger partial charge in [0.05, 0.1) is 0 Å². The van der Waals surface area contributed by atoms with Gasteiger partial charge in [-0.2, -0.15) is 11.8 Å². The largest absolute Gasteiger partial charge is 0.331 e. The molecule has 0 aliphatic rings. The number of rotatable bonds is 20. The van der Waals surface area contributed by atoms with Gasteiger partial charge < -0.3 is 14.2 Å². The summed E-state index contributed by atoms with van der Waals surface area (Å²) >= 11 is 2.09. The molecule has 26 heavy (non-hydrogen) atoms. The van der Waals surface area contributed by atoms with Gasteiger partial charge in [0, 0.05) is 27.2 Å². The molecule has 3 nitrogen and oxygen atoms in total. The van der Waals surface area contributed by atoms with Gasteiger partial charge in [0.15, 0.2) is 0 Å². The fraction of sp³-hybridized carbons (Fsp3) is 1.00. The maximum atomic E-state index is 5.67. The molecule has 0 radical (unpaired) electrons. The summed E-state index contributed by atoms with van der Waals surface area (Å²) in [5.74, 6) is 1.95. The van der Waals surface area contributed by atoms with E-state index >= 15 is 0 Å². The molecular weight excluding hydrogens is 344 g/mol. The van der Waals surface area contributed by atoms with Gasteiger partial charge in [0.2, 0.25) is 0 Å². The van der Waals surface area contributed by atoms with Crippen molar-refractivity contribution < 1.29 is 14.2 Å². The standard InChI is InChI=1S/C22H46O3S/c1-6-8-10-12-13-14-17-21(22(23-3,24-4)25-5)18-16-20-26-19-15-11-9-7-2/h21H,6-20H2,1-5H3. The second-order valence-corrected chi connectivity index (χ2v) is 8.51. The van der Waals surface area contributed by atoms with E-state index in [9.17, 15) is 0 Å². The maximum Gasteiger partial charge on any atom is 0.285 e. The van der Waals surface area contributed by atoms with Crippen molar-refractivity contribution in [3.8, 4) is 0 Å². The molecule has 0 fully saturated rings. The number of hydrogen-bond donors (Lipinski definition) is 0. The van der Waals surface area contributed by atoms with Crippen LogP contribution in [0.1, 0.15) is 97.3 Å². The Bertz CT molecular complexity index is 274. The van der Waals surface area contributed by atoms with Crippen LogP contribution in [0, 0.1) is 5.92 Å². The lowest BCUT2D eigenvalue weighted by molar-refractivity contribution is -0.380. The molecule has 0 amide bonds. The van der Waals surface area contributed by atoms with Crippen molar-refractivity contribution in [1.82, 2.24) is 0 Å². The lowest BCUT2D eigenvalue weighted by Gasteiger charge is -2.36. The zero-order valence-corrected chi connectivity index (χ0v) is 19.1. The fourth-order valence-corrected chi connectivity index (χ4v) is 4.57. The third-order valence-electron chi connectivity index (χ3n) is 5.24. The molecule has 0 aliphatic carbocycles. The molecule has 0 N–H and O–H groups in total. The first-order valence-corrected chi connectivity index (χ1v) is 12.1. The highest BCUT2D eigenvalue weighted by molar-refractivity contribution is 7.99. The van der Waals surface area contributed by atoms with Crippen molar-refractivity contribution in [3.63, 3.8) is 0 Å². The molecule has 0 saturated carbocycles. The monoisotopic (exact) mass is 390 g/mol. The summed E-state index contributed by atoms with van der Waals surface area (Å²) in [6.45, 7) is 4.53. The molecule has 0 rings (SSSR count). The summed E-state index contributed by atoms with van der Waals surface area (Å²) in [4.78, 5) is 0. The van der Waals surface area contributed by atoms with E-state index in [0.29, 0.717) is 5.92 Å². The number of unbranched alkanes of at least 4 members (excludes halogenated alkanes) is 8. The Morgan fingerprint density at radius 3 is 1.65 bits per heavy atom. The average molecular weight is 391 g/mol. The first kappa shape index (κ1) is 26.2. The number of ether oxygens (including phenoxy) is 3. The van der Waals surface area contributed by atoms with E-state index in [-0.39, 0.29) is 0 Å². The van der Waals surface area contributed by atoms with Crippen molar-refractivity contribution in [1.29, 1.82) is 0 Å². The third-order valence-corrected chi connectivity index (χ3v) is 6.40. The lowest BCUT2D eigenvalue weighted by atomic mass is 9.93. The van der Waals surface area contributed by atoms with E-state index in [2.05, 4.69) is 25.6 Å². The van der Waals surface area contributed by atoms with Crippen molar-refractivity contribution in [2.24, 2.45) is 5.92 Å². The smallest absolute Gasteiger partial charge is 0.285 e. The van der Waals surface area contributed by atoms with Crippen LogP contribution < -0.4 is 0 Å². The molecule has 158 valence electrons. The van der Waals surface area contributed by atoms with Gasteiger partial charge in [-0.3, -0.25) is 0 Å². The summed E-state index contributed by atoms with van der Waals surface area (Å²) in [6.07, 6.45) is 16.8. The Hall–Kier alpha value is 0.230. The number of hydrogen-bond acceptors (Lipinski definition) is 4. The Balaban J connectivity index is 4.20. The second-order valence-electron chi connectivity index (χ2n) is 7.28. The highest BCUT2D eigenvalue weighted by atomic mass is 32.2. The SMILES string of the molecule is CCCCCCCCC(CCCSCCCCCC)C(OC)(OC)OC. The topological polar surface area (TPSA) is 27.7 Å². The van der Waals surface area contributed by atoms with E-state index in [1.807, 2.05) is 0 Å². The van der Waals surface area contributed by atoms with Crippen LogP contribution in [0.3, 0.4) is 0 Å². The Morgan fingerprint density at radius 1 is 0.615 bits per heavy atom. The molecule has 0 aliphatic heterocycles. The Morgan fingerprint density at radius 2 is 1.08 bits per heavy atom. The first-order valence-electron chi connectivity index (χ1n) is 10.9. The van der Waals surface area contributed by atoms with Crippen LogP contribution in [0.4, 0.5) is 0 Å². The van der Waals surface area contributed by atoms with Crippen LogP contribution in [0.2, 0.25) is 0 Å². The van der Waals surface area contributed by atoms with Gasteiger partial charge in [0.1, 0.15) is 0 Å². The minimum atomic E-state index is -0.880. The zero-order chi connectivity index (χ0) is 19.5. The van der Waals surface area contributed by atoms with Crippen LogP contribution in [0.25, 0.3) is 0 Å². The second kappa shape index (κ2) is 18.6. The van der Waals surface area contributed by atoms with Crippen molar-refractivity contribution in [3.05, 3.63) is 0 Å². The van der Waals surface area contributed by atoms with Crippen molar-refractivity contribution in [2.75, 3.05) is 32.8 Å². The highest BCUT2D eigenvalue weighted by Gasteiger charge is 2.39. The third kappa shape index (κ3) is 11.8. The van der Waals surface area contributed by atoms with Crippen LogP contribution in [-0.4, -0.2) is 38.8 Å². The molecule has 0 bridgehead atoms. The van der Waals surface area contributed by atoms with Crippen LogP contribution in [0.5, 0.6) is 0 Å². The summed E-state index contributed by atoms with van der Waals surface area (Å²) < 4.78 is 17.0. The van der Waals surface area contributed by atoms with Gasteiger partial charge in [0.25, 0.3) is 5.97 Å². The average Bonchev–Trinajstić information content (AvgIpc) is 2.67. The molecule has 0 heterocycles. The molecule has 0 aromatic heterocycles. The van der Waals surface area contributed by atoms with E-state index in [1.54, 1.807) is 21.3 Å². The molecule has 1 atom stereocenters. The number of methoxy groups -OCH3 is 3. The molecule has 1 unspecified atom stereocenters. The minimum absolute atomic E-state index is 0.300. The van der Waals surface area contributed by atoms with Crippen molar-refractivity contribution in [2.45, 2.75) is 103 Å². The Labute approximate surface area is 168 Å². The molecule has 0 aromatic carbocycles. The zero-order valence-electron chi connectivity index (χ0n) is 18.3. The molecular formula is C22H46O3S. The van der Waals surface area contributed by atoms with E-state index in [1.165, 1.54) is 82.1 Å². The predicted octanol–water partition coefficient (Wildman–Crippen LogP) is 7.04. The number of thioether (sulfide) groups is 1. The summed E-state index contributed by atoms with van der Waals surface area (Å²) in [5.41, 5.74) is 0. The summed E-state index contributed by atoms with van der Waals surface area (Å²) in [5, 5.41) is 0. The van der Waals surface area contributed by atoms with Gasteiger partial charge in [-0.15, -0.1) is 0 Å². The summed E-state index contributed by atoms with van der Waals surface area (Å²) in [6, 6.07) is 0. The van der Waals surface area contributed by atoms with Gasteiger partial charge in [-0.25, -0.2) is 0 Å². The van der Waals surface area contributed by atoms with Gasteiger partial charge in [-0.05, 0) is 37.2 Å². The predicted molar refractivity (Wildman–Crippen MR) is 116 cm³/mol. The van der Waals surface area contributed by atoms with Crippen LogP contribution in [0.15, 0.2) is 0 Å². The molecule has 4 heteroatoms. The summed E-state index contributed by atoms with van der Waals surface area (Å²) in [7, 11) is 5.09. The first-order chi connectivity index (χ1) is 12.7. The molecule has 0 spiro atoms. The molecule has 0 aromatic rings. The normalized spacial score (nSPS) is 13.3. The van der Waals surface area contributed by atoms with E-state index < -0.39 is 5.97 Å². The van der Waals surface area contributed by atoms with Gasteiger partial charge in [-0.1, -0.05) is 71.6 Å². The van der Waals surface area contributed by atoms with E-state index in [4.69, 9.17) is 14.2 Å². The van der Waals surface area contributed by atoms with E-state index in [0.717, 1.165) is 12.8 Å². The minimum Gasteiger partial charge on any atom is -0.331 e. The van der Waals surface area contributed by atoms with Crippen molar-refractivity contribution >= 4 is 11.8 Å². The highest BCUT2D eigenvalue weighted by Crippen LogP contribution is 2.32. The van der Waals surface area contributed by atoms with Crippen LogP contribution in [-0.2, 0) is 14.2 Å². The van der Waals surface area contributed by atoms with Gasteiger partial charge >= 0.3 is 0 Å². The fourth-order valence-electron chi connectivity index (χ4n) is 3.58. The lowest BCUT2D eigenvalue weighted by Crippen LogP contribution is -2.44. The Kier molecular flexibility index (Phi) is 18.8. The quantitative estimate of drug-likeness (QED) is 0.165. The molecule has 0 saturated heterocycles.